The van der Waals surface area contributed by atoms with Crippen molar-refractivity contribution in [2.45, 2.75) is 119 Å². The molecule has 0 heterocycles. The molecule has 0 fully saturated rings. The Morgan fingerprint density at radius 1 is 0.812 bits per heavy atom. The number of carboxylic acid groups (broad SMARTS) is 1. The van der Waals surface area contributed by atoms with Gasteiger partial charge in [-0.1, -0.05) is 66.7 Å². The Bertz CT molecular complexity index is 486. The van der Waals surface area contributed by atoms with Crippen LogP contribution < -0.4 is 0 Å². The molecule has 0 aromatic heterocycles. The zero-order valence-corrected chi connectivity index (χ0v) is 22.2. The fraction of sp³-hybridized carbons (Fsp3) is 0.926. The molecule has 32 heavy (non-hydrogen) atoms. The summed E-state index contributed by atoms with van der Waals surface area (Å²) in [7, 11) is 0. The molecule has 0 saturated carbocycles. The van der Waals surface area contributed by atoms with Crippen LogP contribution in [-0.4, -0.2) is 54.3 Å². The molecule has 0 radical (unpaired) electrons. The van der Waals surface area contributed by atoms with Crippen molar-refractivity contribution in [3.05, 3.63) is 0 Å². The van der Waals surface area contributed by atoms with Crippen molar-refractivity contribution in [2.24, 2.45) is 11.3 Å². The SMILES string of the molecule is CCCC[N+](CCCC)(CCCC)CCOC(=O)C(C)(CCC)CCCC(CC)C(=O)O. The molecule has 0 amide bonds. The first-order chi connectivity index (χ1) is 15.2. The topological polar surface area (TPSA) is 63.6 Å². The molecule has 0 aromatic carbocycles. The number of rotatable bonds is 21. The monoisotopic (exact) mass is 456 g/mol. The normalized spacial score (nSPS) is 14.7. The van der Waals surface area contributed by atoms with E-state index in [1.54, 1.807) is 0 Å². The minimum atomic E-state index is -0.729. The van der Waals surface area contributed by atoms with E-state index in [4.69, 9.17) is 4.74 Å². The smallest absolute Gasteiger partial charge is 0.311 e. The van der Waals surface area contributed by atoms with Crippen LogP contribution in [0.3, 0.4) is 0 Å². The molecule has 2 atom stereocenters. The van der Waals surface area contributed by atoms with E-state index in [9.17, 15) is 14.7 Å². The van der Waals surface area contributed by atoms with Crippen LogP contribution in [-0.2, 0) is 14.3 Å². The second-order valence-electron chi connectivity index (χ2n) is 10.1. The van der Waals surface area contributed by atoms with Crippen LogP contribution in [0.5, 0.6) is 0 Å². The highest BCUT2D eigenvalue weighted by molar-refractivity contribution is 5.76. The fourth-order valence-electron chi connectivity index (χ4n) is 4.78. The van der Waals surface area contributed by atoms with Crippen molar-refractivity contribution in [3.63, 3.8) is 0 Å². The maximum Gasteiger partial charge on any atom is 0.311 e. The predicted octanol–water partition coefficient (Wildman–Crippen LogP) is 6.83. The number of esters is 1. The Hall–Kier alpha value is -1.10. The Labute approximate surface area is 198 Å². The van der Waals surface area contributed by atoms with Gasteiger partial charge in [0.15, 0.2) is 0 Å². The number of hydrogen-bond donors (Lipinski definition) is 1. The zero-order chi connectivity index (χ0) is 24.5. The van der Waals surface area contributed by atoms with Crippen LogP contribution in [0.15, 0.2) is 0 Å². The standard InChI is InChI=1S/C27H53NO4/c1-7-12-19-28(20-13-8-2,21-14-9-3)22-23-32-26(31)27(6,17-10-4)18-15-16-24(11-5)25(29)30/h24H,7-23H2,1-6H3/p+1. The van der Waals surface area contributed by atoms with Gasteiger partial charge in [0.2, 0.25) is 0 Å². The molecule has 190 valence electrons. The van der Waals surface area contributed by atoms with Gasteiger partial charge in [-0.15, -0.1) is 0 Å². The molecule has 0 aliphatic heterocycles. The minimum absolute atomic E-state index is 0.0951. The molecule has 0 aliphatic rings. The summed E-state index contributed by atoms with van der Waals surface area (Å²) < 4.78 is 6.99. The molecule has 0 rings (SSSR count). The molecular weight excluding hydrogens is 402 g/mol. The number of hydrogen-bond acceptors (Lipinski definition) is 3. The van der Waals surface area contributed by atoms with E-state index in [0.29, 0.717) is 25.9 Å². The summed E-state index contributed by atoms with van der Waals surface area (Å²) in [4.78, 5) is 24.4. The molecule has 5 nitrogen and oxygen atoms in total. The summed E-state index contributed by atoms with van der Waals surface area (Å²) in [6.07, 6.45) is 11.7. The Kier molecular flexibility index (Phi) is 16.8. The van der Waals surface area contributed by atoms with E-state index in [2.05, 4.69) is 27.7 Å². The largest absolute Gasteiger partial charge is 0.481 e. The van der Waals surface area contributed by atoms with Gasteiger partial charge in [0.1, 0.15) is 13.2 Å². The van der Waals surface area contributed by atoms with Gasteiger partial charge in [0, 0.05) is 0 Å². The highest BCUT2D eigenvalue weighted by Crippen LogP contribution is 2.32. The highest BCUT2D eigenvalue weighted by atomic mass is 16.5. The zero-order valence-electron chi connectivity index (χ0n) is 22.2. The molecule has 0 spiro atoms. The highest BCUT2D eigenvalue weighted by Gasteiger charge is 2.35. The predicted molar refractivity (Wildman–Crippen MR) is 134 cm³/mol. The average molecular weight is 457 g/mol. The van der Waals surface area contributed by atoms with Crippen molar-refractivity contribution in [3.8, 4) is 0 Å². The van der Waals surface area contributed by atoms with Crippen LogP contribution in [0.1, 0.15) is 119 Å². The van der Waals surface area contributed by atoms with Gasteiger partial charge in [-0.2, -0.15) is 0 Å². The lowest BCUT2D eigenvalue weighted by Crippen LogP contribution is -2.52. The summed E-state index contributed by atoms with van der Waals surface area (Å²) in [6, 6.07) is 0. The Morgan fingerprint density at radius 2 is 1.34 bits per heavy atom. The molecule has 0 saturated heterocycles. The Balaban J connectivity index is 5.04. The second-order valence-corrected chi connectivity index (χ2v) is 10.1. The van der Waals surface area contributed by atoms with Crippen LogP contribution in [0.4, 0.5) is 0 Å². The quantitative estimate of drug-likeness (QED) is 0.152. The van der Waals surface area contributed by atoms with Gasteiger partial charge in [-0.05, 0) is 51.9 Å². The first-order valence-electron chi connectivity index (χ1n) is 13.5. The molecule has 0 bridgehead atoms. The van der Waals surface area contributed by atoms with Crippen molar-refractivity contribution >= 4 is 11.9 Å². The van der Waals surface area contributed by atoms with E-state index in [1.165, 1.54) is 58.2 Å². The van der Waals surface area contributed by atoms with Crippen LogP contribution in [0, 0.1) is 11.3 Å². The van der Waals surface area contributed by atoms with E-state index in [0.717, 1.165) is 30.3 Å². The lowest BCUT2D eigenvalue weighted by Gasteiger charge is -2.39. The molecular formula is C27H54NO4+. The van der Waals surface area contributed by atoms with Crippen molar-refractivity contribution < 1.29 is 23.9 Å². The fourth-order valence-corrected chi connectivity index (χ4v) is 4.78. The lowest BCUT2D eigenvalue weighted by atomic mass is 9.80. The number of carbonyl (C=O) groups is 2. The lowest BCUT2D eigenvalue weighted by molar-refractivity contribution is -0.929. The summed E-state index contributed by atoms with van der Waals surface area (Å²) in [5, 5.41) is 9.30. The third-order valence-electron chi connectivity index (χ3n) is 7.17. The molecule has 2 unspecified atom stereocenters. The number of carbonyl (C=O) groups excluding carboxylic acids is 1. The molecule has 5 heteroatoms. The number of ether oxygens (including phenoxy) is 1. The van der Waals surface area contributed by atoms with Gasteiger partial charge in [-0.25, -0.2) is 0 Å². The van der Waals surface area contributed by atoms with Gasteiger partial charge in [0.25, 0.3) is 0 Å². The number of unbranched alkanes of at least 4 members (excludes halogenated alkanes) is 3. The third kappa shape index (κ3) is 11.7. The van der Waals surface area contributed by atoms with Crippen LogP contribution >= 0.6 is 0 Å². The van der Waals surface area contributed by atoms with Crippen molar-refractivity contribution in [2.75, 3.05) is 32.8 Å². The number of carboxylic acids is 1. The van der Waals surface area contributed by atoms with E-state index in [-0.39, 0.29) is 11.9 Å². The van der Waals surface area contributed by atoms with E-state index in [1.807, 2.05) is 13.8 Å². The minimum Gasteiger partial charge on any atom is -0.481 e. The Morgan fingerprint density at radius 3 is 1.75 bits per heavy atom. The molecule has 1 N–H and O–H groups in total. The van der Waals surface area contributed by atoms with E-state index >= 15 is 0 Å². The second kappa shape index (κ2) is 17.4. The first kappa shape index (κ1) is 30.9. The van der Waals surface area contributed by atoms with Gasteiger partial charge < -0.3 is 14.3 Å². The summed E-state index contributed by atoms with van der Waals surface area (Å²) in [6.45, 7) is 17.7. The summed E-state index contributed by atoms with van der Waals surface area (Å²) in [5.74, 6) is -1.14. The van der Waals surface area contributed by atoms with Gasteiger partial charge in [-0.3, -0.25) is 9.59 Å². The first-order valence-corrected chi connectivity index (χ1v) is 13.5. The van der Waals surface area contributed by atoms with Crippen molar-refractivity contribution in [1.82, 2.24) is 0 Å². The number of quaternary nitrogens is 1. The number of aliphatic carboxylic acids is 1. The third-order valence-corrected chi connectivity index (χ3v) is 7.17. The maximum atomic E-state index is 13.1. The van der Waals surface area contributed by atoms with Gasteiger partial charge in [0.05, 0.1) is 31.0 Å². The molecule has 0 aromatic rings. The van der Waals surface area contributed by atoms with Gasteiger partial charge >= 0.3 is 11.9 Å². The summed E-state index contributed by atoms with van der Waals surface area (Å²) in [5.41, 5.74) is -0.516. The average Bonchev–Trinajstić information content (AvgIpc) is 2.77. The molecule has 0 aliphatic carbocycles. The maximum absolute atomic E-state index is 13.1. The number of nitrogens with zero attached hydrogens (tertiary/aromatic N) is 1. The van der Waals surface area contributed by atoms with Crippen LogP contribution in [0.2, 0.25) is 0 Å². The van der Waals surface area contributed by atoms with Crippen LogP contribution in [0.25, 0.3) is 0 Å². The summed E-state index contributed by atoms with van der Waals surface area (Å²) >= 11 is 0. The van der Waals surface area contributed by atoms with Crippen molar-refractivity contribution in [1.29, 1.82) is 0 Å². The van der Waals surface area contributed by atoms with E-state index < -0.39 is 11.4 Å².